The molecule has 1 amide bonds. The second-order valence-corrected chi connectivity index (χ2v) is 13.6. The number of unbranched alkanes of at least 4 members (excludes halogenated alkanes) is 2. The van der Waals surface area contributed by atoms with Gasteiger partial charge in [0, 0.05) is 35.7 Å². The van der Waals surface area contributed by atoms with E-state index in [2.05, 4.69) is 42.6 Å². The van der Waals surface area contributed by atoms with Gasteiger partial charge in [0.15, 0.2) is 5.82 Å². The van der Waals surface area contributed by atoms with Gasteiger partial charge in [-0.05, 0) is 67.0 Å². The molecule has 1 N–H and O–H groups in total. The Morgan fingerprint density at radius 3 is 2.38 bits per heavy atom. The van der Waals surface area contributed by atoms with E-state index in [4.69, 9.17) is 4.52 Å². The zero-order valence-electron chi connectivity index (χ0n) is 23.6. The lowest BCUT2D eigenvalue weighted by Crippen LogP contribution is -2.42. The summed E-state index contributed by atoms with van der Waals surface area (Å²) in [5, 5.41) is 4.12. The molecule has 1 aromatic heterocycles. The Morgan fingerprint density at radius 1 is 1.05 bits per heavy atom. The lowest BCUT2D eigenvalue weighted by molar-refractivity contribution is -0.126. The number of hydrogen-bond donors (Lipinski definition) is 1. The van der Waals surface area contributed by atoms with Gasteiger partial charge in [0.2, 0.25) is 21.8 Å². The van der Waals surface area contributed by atoms with Crippen molar-refractivity contribution in [3.05, 3.63) is 60.2 Å². The third kappa shape index (κ3) is 7.91. The van der Waals surface area contributed by atoms with Crippen molar-refractivity contribution in [3.8, 4) is 11.1 Å². The van der Waals surface area contributed by atoms with E-state index in [0.29, 0.717) is 24.0 Å². The highest BCUT2D eigenvalue weighted by Crippen LogP contribution is 2.36. The summed E-state index contributed by atoms with van der Waals surface area (Å²) >= 11 is 0. The highest BCUT2D eigenvalue weighted by molar-refractivity contribution is 7.92. The number of rotatable bonds is 11. The molecule has 1 saturated carbocycles. The van der Waals surface area contributed by atoms with Crippen molar-refractivity contribution in [3.63, 3.8) is 0 Å². The number of hydrogen-bond acceptors (Lipinski definition) is 6. The molecule has 210 valence electrons. The highest BCUT2D eigenvalue weighted by Gasteiger charge is 2.34. The molecule has 3 aromatic rings. The predicted octanol–water partition coefficient (Wildman–Crippen LogP) is 6.20. The van der Waals surface area contributed by atoms with Gasteiger partial charge < -0.3 is 9.42 Å². The van der Waals surface area contributed by atoms with Gasteiger partial charge in [-0.2, -0.15) is 4.98 Å². The molecular weight excluding hydrogens is 512 g/mol. The van der Waals surface area contributed by atoms with E-state index in [0.717, 1.165) is 67.4 Å². The molecule has 4 rings (SSSR count). The maximum atomic E-state index is 13.5. The third-order valence-electron chi connectivity index (χ3n) is 7.06. The average Bonchev–Trinajstić information content (AvgIpc) is 3.33. The fourth-order valence-corrected chi connectivity index (χ4v) is 5.44. The number of nitrogens with zero attached hydrogens (tertiary/aromatic N) is 3. The van der Waals surface area contributed by atoms with Crippen molar-refractivity contribution in [1.29, 1.82) is 0 Å². The molecule has 0 spiro atoms. The number of benzene rings is 2. The summed E-state index contributed by atoms with van der Waals surface area (Å²) in [6.07, 6.45) is 6.54. The van der Waals surface area contributed by atoms with Crippen LogP contribution in [0.4, 0.5) is 11.4 Å². The number of carbonyl (C=O) groups excluding carboxylic acids is 1. The summed E-state index contributed by atoms with van der Waals surface area (Å²) in [6, 6.07) is 15.3. The lowest BCUT2D eigenvalue weighted by atomic mass is 9.75. The Kier molecular flexibility index (Phi) is 8.79. The van der Waals surface area contributed by atoms with E-state index in [1.807, 2.05) is 41.3 Å². The van der Waals surface area contributed by atoms with Crippen molar-refractivity contribution in [2.24, 2.45) is 11.8 Å². The van der Waals surface area contributed by atoms with Crippen LogP contribution in [0, 0.1) is 11.8 Å². The van der Waals surface area contributed by atoms with E-state index < -0.39 is 10.0 Å². The Bertz CT molecular complexity index is 1370. The van der Waals surface area contributed by atoms with Gasteiger partial charge in [-0.1, -0.05) is 63.5 Å². The minimum atomic E-state index is -3.33. The largest absolute Gasteiger partial charge is 0.339 e. The zero-order valence-corrected chi connectivity index (χ0v) is 24.4. The normalized spacial score (nSPS) is 17.5. The molecule has 0 aliphatic heterocycles. The number of nitrogens with one attached hydrogen (secondary N) is 1. The fourth-order valence-electron chi connectivity index (χ4n) is 4.88. The molecule has 0 atom stereocenters. The average molecular weight is 553 g/mol. The number of anilines is 2. The second kappa shape index (κ2) is 11.9. The van der Waals surface area contributed by atoms with Crippen LogP contribution in [0.5, 0.6) is 0 Å². The Labute approximate surface area is 232 Å². The number of aryl methyl sites for hydroxylation is 1. The van der Waals surface area contributed by atoms with Crippen LogP contribution in [-0.2, 0) is 26.7 Å². The van der Waals surface area contributed by atoms with E-state index in [-0.39, 0.29) is 17.2 Å². The summed E-state index contributed by atoms with van der Waals surface area (Å²) in [7, 11) is -3.33. The first-order valence-electron chi connectivity index (χ1n) is 13.7. The smallest absolute Gasteiger partial charge is 0.232 e. The van der Waals surface area contributed by atoms with E-state index in [1.165, 1.54) is 0 Å². The Hall–Kier alpha value is -3.20. The molecule has 0 bridgehead atoms. The van der Waals surface area contributed by atoms with Gasteiger partial charge in [0.1, 0.15) is 0 Å². The number of aromatic nitrogens is 2. The van der Waals surface area contributed by atoms with Crippen molar-refractivity contribution < 1.29 is 17.7 Å². The second-order valence-electron chi connectivity index (χ2n) is 11.8. The highest BCUT2D eigenvalue weighted by atomic mass is 32.2. The van der Waals surface area contributed by atoms with Gasteiger partial charge >= 0.3 is 0 Å². The minimum absolute atomic E-state index is 0.0835. The monoisotopic (exact) mass is 552 g/mol. The molecule has 2 aromatic carbocycles. The van der Waals surface area contributed by atoms with Crippen LogP contribution in [0.25, 0.3) is 11.1 Å². The van der Waals surface area contributed by atoms with Crippen molar-refractivity contribution >= 4 is 27.3 Å². The van der Waals surface area contributed by atoms with Crippen molar-refractivity contribution in [1.82, 2.24) is 10.1 Å². The van der Waals surface area contributed by atoms with Gasteiger partial charge in [0.25, 0.3) is 0 Å². The Morgan fingerprint density at radius 2 is 1.77 bits per heavy atom. The first kappa shape index (κ1) is 28.8. The van der Waals surface area contributed by atoms with Crippen LogP contribution in [0.1, 0.15) is 71.5 Å². The van der Waals surface area contributed by atoms with Gasteiger partial charge in [-0.15, -0.1) is 0 Å². The van der Waals surface area contributed by atoms with Crippen molar-refractivity contribution in [2.75, 3.05) is 22.4 Å². The Balaban J connectivity index is 1.42. The van der Waals surface area contributed by atoms with Crippen LogP contribution in [0.15, 0.2) is 53.1 Å². The molecule has 0 unspecified atom stereocenters. The molecule has 1 aliphatic carbocycles. The first-order chi connectivity index (χ1) is 18.4. The summed E-state index contributed by atoms with van der Waals surface area (Å²) in [5.74, 6) is 2.28. The van der Waals surface area contributed by atoms with Crippen LogP contribution in [0.3, 0.4) is 0 Å². The minimum Gasteiger partial charge on any atom is -0.339 e. The summed E-state index contributed by atoms with van der Waals surface area (Å²) in [4.78, 5) is 20.0. The standard InChI is InChI=1S/C30H40N4O4S/c1-21-18-24(19-21)28(35)34(17-8-6-7-12-27-31-29(38-32-27)30(2,3)4)26-11-9-10-23(20-26)22-13-15-25(16-14-22)33-39(5,36)37/h9-11,13-16,20-21,24,33H,6-8,12,17-19H2,1-5H3/t21-,24-. The van der Waals surface area contributed by atoms with Gasteiger partial charge in [0.05, 0.1) is 6.26 Å². The van der Waals surface area contributed by atoms with Crippen LogP contribution in [0.2, 0.25) is 0 Å². The first-order valence-corrected chi connectivity index (χ1v) is 15.6. The molecular formula is C30H40N4O4S. The SMILES string of the molecule is CC(C)(C)c1nc(CCCCCN(c2cccc(-c3ccc(NS(C)(=O)=O)cc3)c2)C(=O)[C@H]2C[C@H](C)C2)no1. The molecule has 39 heavy (non-hydrogen) atoms. The molecule has 9 heteroatoms. The topological polar surface area (TPSA) is 105 Å². The molecule has 8 nitrogen and oxygen atoms in total. The van der Waals surface area contributed by atoms with E-state index >= 15 is 0 Å². The summed E-state index contributed by atoms with van der Waals surface area (Å²) in [5.41, 5.74) is 3.18. The quantitative estimate of drug-likeness (QED) is 0.284. The summed E-state index contributed by atoms with van der Waals surface area (Å²) in [6.45, 7) is 9.01. The molecule has 1 aliphatic rings. The van der Waals surface area contributed by atoms with Gasteiger partial charge in [-0.3, -0.25) is 9.52 Å². The molecule has 0 radical (unpaired) electrons. The van der Waals surface area contributed by atoms with E-state index in [1.54, 1.807) is 12.1 Å². The molecule has 1 fully saturated rings. The van der Waals surface area contributed by atoms with Gasteiger partial charge in [-0.25, -0.2) is 8.42 Å². The lowest BCUT2D eigenvalue weighted by Gasteiger charge is -2.36. The zero-order chi connectivity index (χ0) is 28.2. The molecule has 1 heterocycles. The predicted molar refractivity (Wildman–Crippen MR) is 155 cm³/mol. The van der Waals surface area contributed by atoms with Crippen LogP contribution in [-0.4, -0.2) is 37.3 Å². The van der Waals surface area contributed by atoms with Crippen LogP contribution >= 0.6 is 0 Å². The maximum Gasteiger partial charge on any atom is 0.232 e. The maximum absolute atomic E-state index is 13.5. The number of carbonyl (C=O) groups is 1. The number of amides is 1. The molecule has 0 saturated heterocycles. The fraction of sp³-hybridized carbons (Fsp3) is 0.500. The van der Waals surface area contributed by atoms with E-state index in [9.17, 15) is 13.2 Å². The third-order valence-corrected chi connectivity index (χ3v) is 7.67. The number of sulfonamides is 1. The van der Waals surface area contributed by atoms with Crippen molar-refractivity contribution in [2.45, 2.75) is 71.6 Å². The van der Waals surface area contributed by atoms with Crippen LogP contribution < -0.4 is 9.62 Å². The summed E-state index contributed by atoms with van der Waals surface area (Å²) < 4.78 is 30.9.